The van der Waals surface area contributed by atoms with Gasteiger partial charge in [0.25, 0.3) is 0 Å². The number of pyridine rings is 1. The van der Waals surface area contributed by atoms with Crippen LogP contribution >= 0.6 is 0 Å². The van der Waals surface area contributed by atoms with Gasteiger partial charge in [0.2, 0.25) is 0 Å². The van der Waals surface area contributed by atoms with Gasteiger partial charge in [0.1, 0.15) is 5.82 Å². The number of rotatable bonds is 11. The zero-order valence-corrected chi connectivity index (χ0v) is 52.3. The second-order valence-electron chi connectivity index (χ2n) is 26.8. The fraction of sp³-hybridized carbons (Fsp3) is 0.280. The quantitative estimate of drug-likeness (QED) is 0.121. The summed E-state index contributed by atoms with van der Waals surface area (Å²) in [6, 6.07) is 74.4. The first-order valence-corrected chi connectivity index (χ1v) is 28.4. The number of ether oxygens (including phenoxy) is 1. The molecule has 11 rings (SSSR count). The molecule has 1 aliphatic rings. The van der Waals surface area contributed by atoms with Gasteiger partial charge < -0.3 is 19.1 Å². The summed E-state index contributed by atoms with van der Waals surface area (Å²) in [7, 11) is 0. The normalized spacial score (nSPS) is 13.4. The van der Waals surface area contributed by atoms with Gasteiger partial charge in [-0.15, -0.1) is 53.6 Å². The molecule has 8 aromatic carbocycles. The van der Waals surface area contributed by atoms with Crippen LogP contribution in [0.15, 0.2) is 188 Å². The standard InChI is InChI=1S/C75H77N4O.Pt/c1-70(2,3)53-31-35-65-64(44-53)63-34-33-61(48-67(63)79(65)69-46-54(37-38-76-69)71(4,5)6)80-62-43-56(72(7,8)9)40-60(47-62)77-49-78(68-45-55(32-36-66(68)77)73(10,11)50-25-19-16-20-26-50)59-41-57(74(12,13)51-27-21-17-22-28-51)39-58(42-59)75(14,15)52-29-23-18-24-30-52;/h16-46,49H,1-15H3;/q-3;. The third-order valence-electron chi connectivity index (χ3n) is 17.1. The Balaban J connectivity index is 0.00000736. The van der Waals surface area contributed by atoms with Crippen LogP contribution < -0.4 is 14.5 Å². The van der Waals surface area contributed by atoms with Crippen molar-refractivity contribution < 1.29 is 25.8 Å². The van der Waals surface area contributed by atoms with E-state index in [1.54, 1.807) is 0 Å². The molecule has 0 fully saturated rings. The molecule has 0 saturated carbocycles. The van der Waals surface area contributed by atoms with E-state index in [1.807, 2.05) is 6.20 Å². The van der Waals surface area contributed by atoms with Crippen LogP contribution in [0.1, 0.15) is 154 Å². The fourth-order valence-corrected chi connectivity index (χ4v) is 11.4. The summed E-state index contributed by atoms with van der Waals surface area (Å²) < 4.78 is 9.32. The molecule has 0 N–H and O–H groups in total. The van der Waals surface area contributed by atoms with Gasteiger partial charge >= 0.3 is 0 Å². The van der Waals surface area contributed by atoms with Crippen molar-refractivity contribution in [3.63, 3.8) is 0 Å². The van der Waals surface area contributed by atoms with Crippen molar-refractivity contribution >= 4 is 44.6 Å². The van der Waals surface area contributed by atoms with E-state index in [2.05, 4.69) is 319 Å². The van der Waals surface area contributed by atoms with Crippen LogP contribution in [0.2, 0.25) is 0 Å². The zero-order valence-electron chi connectivity index (χ0n) is 50.0. The van der Waals surface area contributed by atoms with Crippen molar-refractivity contribution in [1.82, 2.24) is 9.55 Å². The van der Waals surface area contributed by atoms with Crippen LogP contribution in [-0.4, -0.2) is 9.55 Å². The monoisotopic (exact) mass is 1240 g/mol. The second-order valence-corrected chi connectivity index (χ2v) is 26.8. The van der Waals surface area contributed by atoms with E-state index in [4.69, 9.17) is 9.72 Å². The predicted molar refractivity (Wildman–Crippen MR) is 336 cm³/mol. The third kappa shape index (κ3) is 10.8. The Bertz CT molecular complexity index is 3860. The molecule has 416 valence electrons. The Hall–Kier alpha value is -7.20. The third-order valence-corrected chi connectivity index (χ3v) is 17.1. The Labute approximate surface area is 497 Å². The summed E-state index contributed by atoms with van der Waals surface area (Å²) in [6.07, 6.45) is 1.93. The summed E-state index contributed by atoms with van der Waals surface area (Å²) in [6.45, 7) is 36.7. The number of fused-ring (bicyclic) bond motifs is 4. The molecule has 3 heterocycles. The van der Waals surface area contributed by atoms with E-state index in [9.17, 15) is 0 Å². The molecule has 0 aliphatic carbocycles. The average molecular weight is 1250 g/mol. The van der Waals surface area contributed by atoms with E-state index in [0.29, 0.717) is 11.5 Å². The Morgan fingerprint density at radius 3 is 1.48 bits per heavy atom. The number of anilines is 4. The van der Waals surface area contributed by atoms with Gasteiger partial charge in [0.15, 0.2) is 0 Å². The van der Waals surface area contributed by atoms with Crippen LogP contribution in [0.4, 0.5) is 22.7 Å². The Morgan fingerprint density at radius 2 is 0.926 bits per heavy atom. The SMILES string of the molecule is CC(C)(C)c1cc(Oc2[c-]c3c(cc2)c2cc(C(C)(C)C)ccc2n3-c2cc(C(C)(C)C)ccn2)[c-]c(N2[CH-]N(c3cc(C(C)(C)c4ccccc4)cc(C(C)(C)c4ccccc4)c3)c3cc(C(C)(C)c4ccccc4)ccc32)c1.[Pt]. The van der Waals surface area contributed by atoms with Crippen LogP contribution in [0.5, 0.6) is 11.5 Å². The van der Waals surface area contributed by atoms with Gasteiger partial charge in [-0.3, -0.25) is 0 Å². The molecule has 0 amide bonds. The van der Waals surface area contributed by atoms with Crippen molar-refractivity contribution in [2.24, 2.45) is 0 Å². The van der Waals surface area contributed by atoms with Crippen molar-refractivity contribution in [3.05, 3.63) is 257 Å². The number of benzene rings is 8. The maximum absolute atomic E-state index is 7.07. The van der Waals surface area contributed by atoms with E-state index < -0.39 is 0 Å². The van der Waals surface area contributed by atoms with Gasteiger partial charge in [-0.25, -0.2) is 4.98 Å². The largest absolute Gasteiger partial charge is 0.509 e. The Morgan fingerprint density at radius 1 is 0.395 bits per heavy atom. The summed E-state index contributed by atoms with van der Waals surface area (Å²) in [5.41, 5.74) is 16.0. The molecule has 10 aromatic rings. The number of hydrogen-bond acceptors (Lipinski definition) is 4. The minimum atomic E-state index is -0.310. The van der Waals surface area contributed by atoms with Crippen LogP contribution in [-0.2, 0) is 53.6 Å². The van der Waals surface area contributed by atoms with E-state index in [0.717, 1.165) is 55.9 Å². The van der Waals surface area contributed by atoms with Crippen molar-refractivity contribution in [3.8, 4) is 17.3 Å². The molecular weight excluding hydrogens is 1170 g/mol. The molecule has 0 bridgehead atoms. The number of nitrogens with zero attached hydrogens (tertiary/aromatic N) is 4. The topological polar surface area (TPSA) is 33.5 Å². The minimum Gasteiger partial charge on any atom is -0.509 e. The molecule has 5 nitrogen and oxygen atoms in total. The molecule has 0 saturated heterocycles. The maximum atomic E-state index is 7.07. The smallest absolute Gasteiger partial charge is 0.135 e. The molecule has 0 atom stereocenters. The zero-order chi connectivity index (χ0) is 56.7. The molecule has 81 heavy (non-hydrogen) atoms. The van der Waals surface area contributed by atoms with Gasteiger partial charge in [0, 0.05) is 77.6 Å². The molecular formula is C75H77N4OPt-3. The summed E-state index contributed by atoms with van der Waals surface area (Å²) >= 11 is 0. The van der Waals surface area contributed by atoms with Crippen molar-refractivity contribution in [2.75, 3.05) is 9.80 Å². The number of aromatic nitrogens is 2. The van der Waals surface area contributed by atoms with Gasteiger partial charge in [-0.1, -0.05) is 225 Å². The second kappa shape index (κ2) is 21.0. The van der Waals surface area contributed by atoms with Crippen molar-refractivity contribution in [1.29, 1.82) is 0 Å². The first-order valence-electron chi connectivity index (χ1n) is 28.4. The summed E-state index contributed by atoms with van der Waals surface area (Å²) in [5.74, 6) is 2.07. The molecule has 2 aromatic heterocycles. The molecule has 0 unspecified atom stereocenters. The van der Waals surface area contributed by atoms with Gasteiger partial charge in [0.05, 0.1) is 0 Å². The first-order chi connectivity index (χ1) is 37.8. The predicted octanol–water partition coefficient (Wildman–Crippen LogP) is 19.8. The van der Waals surface area contributed by atoms with Crippen LogP contribution in [0.3, 0.4) is 0 Å². The molecule has 0 spiro atoms. The molecule has 1 aliphatic heterocycles. The van der Waals surface area contributed by atoms with E-state index >= 15 is 0 Å². The molecule has 0 radical (unpaired) electrons. The van der Waals surface area contributed by atoms with Gasteiger partial charge in [-0.2, -0.15) is 6.07 Å². The van der Waals surface area contributed by atoms with Crippen LogP contribution in [0, 0.1) is 18.8 Å². The maximum Gasteiger partial charge on any atom is 0.135 e. The van der Waals surface area contributed by atoms with Crippen molar-refractivity contribution in [2.45, 2.75) is 136 Å². The van der Waals surface area contributed by atoms with E-state index in [-0.39, 0.29) is 53.6 Å². The molecule has 6 heteroatoms. The minimum absolute atomic E-state index is 0. The fourth-order valence-electron chi connectivity index (χ4n) is 11.4. The van der Waals surface area contributed by atoms with E-state index in [1.165, 1.54) is 44.5 Å². The summed E-state index contributed by atoms with van der Waals surface area (Å²) in [5, 5.41) is 2.26. The Kier molecular flexibility index (Phi) is 14.8. The van der Waals surface area contributed by atoms with Gasteiger partial charge in [-0.05, 0) is 109 Å². The first kappa shape index (κ1) is 57.0. The number of hydrogen-bond donors (Lipinski definition) is 0. The average Bonchev–Trinajstić information content (AvgIpc) is 4.21. The summed E-state index contributed by atoms with van der Waals surface area (Å²) in [4.78, 5) is 9.71. The van der Waals surface area contributed by atoms with Crippen LogP contribution in [0.25, 0.3) is 27.6 Å².